The monoisotopic (exact) mass is 333 g/mol. The van der Waals surface area contributed by atoms with E-state index >= 15 is 0 Å². The number of guanidine groups is 2. The van der Waals surface area contributed by atoms with Gasteiger partial charge in [-0.2, -0.15) is 4.99 Å². The smallest absolute Gasteiger partial charge is 0.223 e. The molecule has 0 spiro atoms. The zero-order valence-electron chi connectivity index (χ0n) is 12.4. The Hall–Kier alpha value is -2.93. The van der Waals surface area contributed by atoms with Crippen LogP contribution in [0.5, 0.6) is 17.2 Å². The van der Waals surface area contributed by atoms with E-state index in [2.05, 4.69) is 9.98 Å². The van der Waals surface area contributed by atoms with Gasteiger partial charge in [0.25, 0.3) is 0 Å². The lowest BCUT2D eigenvalue weighted by molar-refractivity contribution is 0.413. The fraction of sp³-hybridized carbons (Fsp3) is 0.0667. The first-order chi connectivity index (χ1) is 11.0. The van der Waals surface area contributed by atoms with E-state index in [1.807, 2.05) is 0 Å². The van der Waals surface area contributed by atoms with Crippen LogP contribution in [-0.4, -0.2) is 19.0 Å². The summed E-state index contributed by atoms with van der Waals surface area (Å²) in [6, 6.07) is 12.1. The maximum absolute atomic E-state index is 6.18. The van der Waals surface area contributed by atoms with Crippen molar-refractivity contribution in [3.63, 3.8) is 0 Å². The molecule has 0 aliphatic carbocycles. The molecule has 23 heavy (non-hydrogen) atoms. The highest BCUT2D eigenvalue weighted by Gasteiger charge is 2.05. The summed E-state index contributed by atoms with van der Waals surface area (Å²) in [7, 11) is 1.60. The highest BCUT2D eigenvalue weighted by atomic mass is 35.5. The number of rotatable bonds is 4. The van der Waals surface area contributed by atoms with E-state index < -0.39 is 0 Å². The lowest BCUT2D eigenvalue weighted by atomic mass is 10.3. The minimum Gasteiger partial charge on any atom is -0.497 e. The molecule has 7 nitrogen and oxygen atoms in total. The van der Waals surface area contributed by atoms with Gasteiger partial charge < -0.3 is 26.7 Å². The molecule has 2 rings (SSSR count). The molecule has 0 aliphatic rings. The molecular formula is C15H16ClN5O2. The lowest BCUT2D eigenvalue weighted by Crippen LogP contribution is -2.26. The third-order valence-electron chi connectivity index (χ3n) is 2.69. The second-order valence-corrected chi connectivity index (χ2v) is 4.81. The minimum atomic E-state index is -0.170. The minimum absolute atomic E-state index is 0.0649. The number of ether oxygens (including phenoxy) is 2. The van der Waals surface area contributed by atoms with Gasteiger partial charge in [-0.1, -0.05) is 11.6 Å². The Kier molecular flexibility index (Phi) is 5.27. The molecule has 0 bridgehead atoms. The predicted molar refractivity (Wildman–Crippen MR) is 91.6 cm³/mol. The topological polar surface area (TPSA) is 121 Å². The van der Waals surface area contributed by atoms with Crippen molar-refractivity contribution in [3.8, 4) is 17.2 Å². The number of aliphatic imine (C=N–C) groups is 2. The fourth-order valence-corrected chi connectivity index (χ4v) is 1.92. The maximum atomic E-state index is 6.18. The summed E-state index contributed by atoms with van der Waals surface area (Å²) in [6.07, 6.45) is 0. The second kappa shape index (κ2) is 7.37. The Balaban J connectivity index is 2.17. The molecule has 6 N–H and O–H groups in total. The SMILES string of the molecule is COc1ccc(Oc2ccc(N=C(N)N=C(N)N)cc2Cl)cc1. The lowest BCUT2D eigenvalue weighted by Gasteiger charge is -2.08. The Morgan fingerprint density at radius 3 is 2.22 bits per heavy atom. The average Bonchev–Trinajstić information content (AvgIpc) is 2.50. The Morgan fingerprint density at radius 2 is 1.65 bits per heavy atom. The van der Waals surface area contributed by atoms with E-state index in [-0.39, 0.29) is 11.9 Å². The molecule has 0 saturated heterocycles. The first-order valence-corrected chi connectivity index (χ1v) is 6.91. The van der Waals surface area contributed by atoms with E-state index in [0.717, 1.165) is 5.75 Å². The van der Waals surface area contributed by atoms with Crippen LogP contribution in [0.4, 0.5) is 5.69 Å². The number of halogens is 1. The molecule has 2 aromatic carbocycles. The number of hydrogen-bond donors (Lipinski definition) is 3. The van der Waals surface area contributed by atoms with E-state index in [0.29, 0.717) is 22.2 Å². The van der Waals surface area contributed by atoms with Crippen LogP contribution in [0.3, 0.4) is 0 Å². The number of benzene rings is 2. The molecule has 0 aromatic heterocycles. The highest BCUT2D eigenvalue weighted by Crippen LogP contribution is 2.33. The van der Waals surface area contributed by atoms with Gasteiger partial charge in [-0.25, -0.2) is 4.99 Å². The summed E-state index contributed by atoms with van der Waals surface area (Å²) in [6.45, 7) is 0. The summed E-state index contributed by atoms with van der Waals surface area (Å²) in [5.41, 5.74) is 16.5. The van der Waals surface area contributed by atoms with Crippen LogP contribution in [0.25, 0.3) is 0 Å². The molecule has 0 saturated carbocycles. The first-order valence-electron chi connectivity index (χ1n) is 6.53. The molecule has 0 unspecified atom stereocenters. The molecular weight excluding hydrogens is 318 g/mol. The normalized spacial score (nSPS) is 11.0. The molecule has 0 fully saturated rings. The molecule has 0 heterocycles. The van der Waals surface area contributed by atoms with E-state index in [9.17, 15) is 0 Å². The van der Waals surface area contributed by atoms with Gasteiger partial charge in [-0.15, -0.1) is 0 Å². The van der Waals surface area contributed by atoms with Crippen LogP contribution in [0, 0.1) is 0 Å². The summed E-state index contributed by atoms with van der Waals surface area (Å²) in [5.74, 6) is 1.62. The molecule has 0 radical (unpaired) electrons. The third kappa shape index (κ3) is 4.79. The average molecular weight is 334 g/mol. The number of methoxy groups -OCH3 is 1. The van der Waals surface area contributed by atoms with Gasteiger partial charge >= 0.3 is 0 Å². The molecule has 0 atom stereocenters. The standard InChI is InChI=1S/C15H16ClN5O2/c1-22-10-3-5-11(6-4-10)23-13-7-2-9(8-12(13)16)20-15(19)21-14(17)18/h2-8H,1H3,(H6,17,18,19,20,21). The van der Waals surface area contributed by atoms with Gasteiger partial charge in [-0.05, 0) is 42.5 Å². The number of nitrogens with zero attached hydrogens (tertiary/aromatic N) is 2. The van der Waals surface area contributed by atoms with Gasteiger partial charge in [0, 0.05) is 0 Å². The quantitative estimate of drug-likeness (QED) is 0.585. The van der Waals surface area contributed by atoms with Crippen molar-refractivity contribution < 1.29 is 9.47 Å². The van der Waals surface area contributed by atoms with Crippen LogP contribution < -0.4 is 26.7 Å². The van der Waals surface area contributed by atoms with Gasteiger partial charge in [0.1, 0.15) is 17.2 Å². The van der Waals surface area contributed by atoms with E-state index in [4.69, 9.17) is 38.3 Å². The van der Waals surface area contributed by atoms with Crippen molar-refractivity contribution in [1.82, 2.24) is 0 Å². The van der Waals surface area contributed by atoms with Crippen molar-refractivity contribution in [3.05, 3.63) is 47.5 Å². The fourth-order valence-electron chi connectivity index (χ4n) is 1.70. The zero-order valence-corrected chi connectivity index (χ0v) is 13.1. The van der Waals surface area contributed by atoms with Crippen LogP contribution in [0.2, 0.25) is 5.02 Å². The van der Waals surface area contributed by atoms with Gasteiger partial charge in [0.2, 0.25) is 5.96 Å². The van der Waals surface area contributed by atoms with Gasteiger partial charge in [0.15, 0.2) is 5.96 Å². The van der Waals surface area contributed by atoms with Crippen LogP contribution in [0.15, 0.2) is 52.4 Å². The van der Waals surface area contributed by atoms with Crippen molar-refractivity contribution in [1.29, 1.82) is 0 Å². The number of nitrogens with two attached hydrogens (primary N) is 3. The largest absolute Gasteiger partial charge is 0.497 e. The molecule has 2 aromatic rings. The Morgan fingerprint density at radius 1 is 1.00 bits per heavy atom. The van der Waals surface area contributed by atoms with Crippen molar-refractivity contribution >= 4 is 29.2 Å². The Labute approximate surface area is 138 Å². The van der Waals surface area contributed by atoms with Crippen LogP contribution in [0.1, 0.15) is 0 Å². The van der Waals surface area contributed by atoms with E-state index in [1.165, 1.54) is 0 Å². The summed E-state index contributed by atoms with van der Waals surface area (Å²) in [4.78, 5) is 7.64. The molecule has 8 heteroatoms. The van der Waals surface area contributed by atoms with Crippen LogP contribution >= 0.6 is 11.6 Å². The Bertz CT molecular complexity index is 740. The maximum Gasteiger partial charge on any atom is 0.223 e. The number of hydrogen-bond acceptors (Lipinski definition) is 3. The van der Waals surface area contributed by atoms with Crippen molar-refractivity contribution in [2.75, 3.05) is 7.11 Å². The molecule has 0 aliphatic heterocycles. The summed E-state index contributed by atoms with van der Waals surface area (Å²) in [5, 5.41) is 0.375. The van der Waals surface area contributed by atoms with Gasteiger partial charge in [-0.3, -0.25) is 0 Å². The van der Waals surface area contributed by atoms with Crippen LogP contribution in [-0.2, 0) is 0 Å². The first kappa shape index (κ1) is 16.4. The van der Waals surface area contributed by atoms with Crippen molar-refractivity contribution in [2.45, 2.75) is 0 Å². The predicted octanol–water partition coefficient (Wildman–Crippen LogP) is 2.36. The highest BCUT2D eigenvalue weighted by molar-refractivity contribution is 6.32. The molecule has 0 amide bonds. The zero-order chi connectivity index (χ0) is 16.8. The summed E-state index contributed by atoms with van der Waals surface area (Å²) < 4.78 is 10.8. The third-order valence-corrected chi connectivity index (χ3v) is 2.99. The second-order valence-electron chi connectivity index (χ2n) is 4.40. The summed E-state index contributed by atoms with van der Waals surface area (Å²) >= 11 is 6.18. The van der Waals surface area contributed by atoms with Crippen molar-refractivity contribution in [2.24, 2.45) is 27.2 Å². The van der Waals surface area contributed by atoms with E-state index in [1.54, 1.807) is 49.6 Å². The van der Waals surface area contributed by atoms with Gasteiger partial charge in [0.05, 0.1) is 17.8 Å². The molecule has 120 valence electrons.